The highest BCUT2D eigenvalue weighted by Crippen LogP contribution is 2.31. The molecule has 2 aliphatic heterocycles. The van der Waals surface area contributed by atoms with Gasteiger partial charge in [0.05, 0.1) is 21.5 Å². The summed E-state index contributed by atoms with van der Waals surface area (Å²) in [4.78, 5) is 42.5. The molecule has 0 saturated carbocycles. The summed E-state index contributed by atoms with van der Waals surface area (Å²) in [6.45, 7) is 3.98. The molecule has 2 aliphatic rings. The van der Waals surface area contributed by atoms with Crippen LogP contribution in [-0.2, 0) is 6.54 Å². The minimum absolute atomic E-state index is 0.104. The summed E-state index contributed by atoms with van der Waals surface area (Å²) < 4.78 is 0.772. The molecular weight excluding hydrogens is 404 g/mol. The quantitative estimate of drug-likeness (QED) is 0.420. The molecule has 1 fully saturated rings. The number of nitro groups is 1. The largest absolute Gasteiger partial charge is 0.296 e. The summed E-state index contributed by atoms with van der Waals surface area (Å²) in [7, 11) is 0. The molecule has 1 aromatic heterocycles. The molecule has 0 radical (unpaired) electrons. The smallest absolute Gasteiger partial charge is 0.282 e. The molecule has 3 heterocycles. The van der Waals surface area contributed by atoms with E-state index in [9.17, 15) is 19.7 Å². The van der Waals surface area contributed by atoms with Gasteiger partial charge < -0.3 is 0 Å². The van der Waals surface area contributed by atoms with E-state index >= 15 is 0 Å². The SMILES string of the molecule is O=C1c2cccc([N+](=O)[O-])c2C(=O)N1CN1CCN(Cc2ccc(Cl)s2)CC1. The summed E-state index contributed by atoms with van der Waals surface area (Å²) in [5.74, 6) is -1.07. The molecule has 10 heteroatoms. The van der Waals surface area contributed by atoms with Crippen LogP contribution in [-0.4, -0.2) is 64.3 Å². The molecule has 0 N–H and O–H groups in total. The van der Waals surface area contributed by atoms with Crippen LogP contribution in [0.2, 0.25) is 4.34 Å². The van der Waals surface area contributed by atoms with Crippen molar-refractivity contribution >= 4 is 40.4 Å². The maximum Gasteiger partial charge on any atom is 0.282 e. The summed E-state index contributed by atoms with van der Waals surface area (Å²) in [5, 5.41) is 11.2. The zero-order valence-electron chi connectivity index (χ0n) is 14.8. The Labute approximate surface area is 170 Å². The molecule has 2 amide bonds. The van der Waals surface area contributed by atoms with Gasteiger partial charge in [-0.25, -0.2) is 0 Å². The Hall–Kier alpha value is -2.33. The lowest BCUT2D eigenvalue weighted by molar-refractivity contribution is -0.385. The molecule has 8 nitrogen and oxygen atoms in total. The molecule has 146 valence electrons. The van der Waals surface area contributed by atoms with E-state index in [-0.39, 0.29) is 23.5 Å². The highest BCUT2D eigenvalue weighted by Gasteiger charge is 2.41. The van der Waals surface area contributed by atoms with Gasteiger partial charge >= 0.3 is 0 Å². The Morgan fingerprint density at radius 3 is 2.39 bits per heavy atom. The minimum Gasteiger partial charge on any atom is -0.296 e. The summed E-state index contributed by atoms with van der Waals surface area (Å²) in [6, 6.07) is 8.06. The fourth-order valence-corrected chi connectivity index (χ4v) is 4.67. The van der Waals surface area contributed by atoms with Gasteiger partial charge in [0.2, 0.25) is 0 Å². The molecule has 0 bridgehead atoms. The van der Waals surface area contributed by atoms with Crippen LogP contribution in [0.15, 0.2) is 30.3 Å². The Kier molecular flexibility index (Phi) is 5.15. The maximum absolute atomic E-state index is 12.7. The number of amides is 2. The standard InChI is InChI=1S/C18H17ClN4O4S/c19-15-5-4-12(28-15)10-20-6-8-21(9-7-20)11-22-17(24)13-2-1-3-14(23(26)27)16(13)18(22)25/h1-5H,6-11H2. The molecule has 28 heavy (non-hydrogen) atoms. The van der Waals surface area contributed by atoms with Crippen LogP contribution in [0.4, 0.5) is 5.69 Å². The zero-order valence-corrected chi connectivity index (χ0v) is 16.4. The Balaban J connectivity index is 1.39. The molecule has 0 atom stereocenters. The number of nitrogens with zero attached hydrogens (tertiary/aromatic N) is 4. The second kappa shape index (κ2) is 7.59. The van der Waals surface area contributed by atoms with E-state index in [0.29, 0.717) is 13.1 Å². The fourth-order valence-electron chi connectivity index (χ4n) is 3.54. The van der Waals surface area contributed by atoms with Crippen molar-refractivity contribution in [3.63, 3.8) is 0 Å². The van der Waals surface area contributed by atoms with Crippen molar-refractivity contribution in [2.45, 2.75) is 6.54 Å². The molecule has 0 unspecified atom stereocenters. The summed E-state index contributed by atoms with van der Waals surface area (Å²) in [6.07, 6.45) is 0. The monoisotopic (exact) mass is 420 g/mol. The van der Waals surface area contributed by atoms with Crippen molar-refractivity contribution in [3.8, 4) is 0 Å². The van der Waals surface area contributed by atoms with E-state index in [1.807, 2.05) is 17.0 Å². The van der Waals surface area contributed by atoms with Crippen LogP contribution >= 0.6 is 22.9 Å². The number of halogens is 1. The fraction of sp³-hybridized carbons (Fsp3) is 0.333. The van der Waals surface area contributed by atoms with Gasteiger partial charge in [-0.1, -0.05) is 17.7 Å². The first kappa shape index (κ1) is 19.0. The first-order chi connectivity index (χ1) is 13.4. The molecule has 1 aromatic carbocycles. The molecule has 2 aromatic rings. The van der Waals surface area contributed by atoms with Crippen LogP contribution in [0.25, 0.3) is 0 Å². The first-order valence-corrected chi connectivity index (χ1v) is 9.96. The van der Waals surface area contributed by atoms with E-state index in [0.717, 1.165) is 28.9 Å². The van der Waals surface area contributed by atoms with Crippen LogP contribution in [0.1, 0.15) is 25.6 Å². The third-order valence-corrected chi connectivity index (χ3v) is 6.20. The van der Waals surface area contributed by atoms with Crippen molar-refractivity contribution in [1.29, 1.82) is 0 Å². The van der Waals surface area contributed by atoms with Gasteiger partial charge in [0, 0.05) is 43.7 Å². The number of carbonyl (C=O) groups is 2. The molecular formula is C18H17ClN4O4S. The topological polar surface area (TPSA) is 87.0 Å². The summed E-state index contributed by atoms with van der Waals surface area (Å²) >= 11 is 7.54. The van der Waals surface area contributed by atoms with Gasteiger partial charge in [-0.15, -0.1) is 11.3 Å². The Morgan fingerprint density at radius 1 is 1.04 bits per heavy atom. The number of piperazine rings is 1. The lowest BCUT2D eigenvalue weighted by Gasteiger charge is -2.35. The van der Waals surface area contributed by atoms with Crippen molar-refractivity contribution in [1.82, 2.24) is 14.7 Å². The van der Waals surface area contributed by atoms with E-state index in [1.165, 1.54) is 23.1 Å². The molecule has 4 rings (SSSR count). The van der Waals surface area contributed by atoms with Crippen molar-refractivity contribution < 1.29 is 14.5 Å². The van der Waals surface area contributed by atoms with Crippen LogP contribution in [0.5, 0.6) is 0 Å². The summed E-state index contributed by atoms with van der Waals surface area (Å²) in [5.41, 5.74) is -0.323. The number of nitro benzene ring substituents is 1. The Bertz CT molecular complexity index is 955. The van der Waals surface area contributed by atoms with Gasteiger partial charge in [0.15, 0.2) is 0 Å². The van der Waals surface area contributed by atoms with E-state index in [4.69, 9.17) is 11.6 Å². The molecule has 0 spiro atoms. The highest BCUT2D eigenvalue weighted by molar-refractivity contribution is 7.16. The molecule has 1 saturated heterocycles. The number of imide groups is 1. The first-order valence-electron chi connectivity index (χ1n) is 8.76. The number of rotatable bonds is 5. The van der Waals surface area contributed by atoms with E-state index in [2.05, 4.69) is 4.90 Å². The van der Waals surface area contributed by atoms with Crippen molar-refractivity contribution in [2.24, 2.45) is 0 Å². The average Bonchev–Trinajstić information content (AvgIpc) is 3.19. The number of hydrogen-bond acceptors (Lipinski definition) is 7. The third kappa shape index (κ3) is 3.53. The number of hydrogen-bond donors (Lipinski definition) is 0. The lowest BCUT2D eigenvalue weighted by Crippen LogP contribution is -2.50. The van der Waals surface area contributed by atoms with Gasteiger partial charge in [-0.2, -0.15) is 0 Å². The predicted molar refractivity (Wildman–Crippen MR) is 105 cm³/mol. The van der Waals surface area contributed by atoms with E-state index in [1.54, 1.807) is 11.3 Å². The lowest BCUT2D eigenvalue weighted by atomic mass is 10.1. The van der Waals surface area contributed by atoms with Gasteiger partial charge in [-0.05, 0) is 18.2 Å². The second-order valence-electron chi connectivity index (χ2n) is 6.74. The van der Waals surface area contributed by atoms with Crippen molar-refractivity contribution in [3.05, 3.63) is 60.8 Å². The van der Waals surface area contributed by atoms with Crippen LogP contribution in [0, 0.1) is 10.1 Å². The third-order valence-electron chi connectivity index (χ3n) is 4.99. The molecule has 0 aliphatic carbocycles. The maximum atomic E-state index is 12.7. The van der Waals surface area contributed by atoms with Crippen LogP contribution < -0.4 is 0 Å². The van der Waals surface area contributed by atoms with E-state index < -0.39 is 16.7 Å². The number of fused-ring (bicyclic) bond motifs is 1. The van der Waals surface area contributed by atoms with Gasteiger partial charge in [0.1, 0.15) is 5.56 Å². The highest BCUT2D eigenvalue weighted by atomic mass is 35.5. The zero-order chi connectivity index (χ0) is 19.8. The normalized spacial score (nSPS) is 18.0. The minimum atomic E-state index is -0.622. The second-order valence-corrected chi connectivity index (χ2v) is 8.54. The van der Waals surface area contributed by atoms with Gasteiger partial charge in [-0.3, -0.25) is 34.4 Å². The number of benzene rings is 1. The van der Waals surface area contributed by atoms with Gasteiger partial charge in [0.25, 0.3) is 17.5 Å². The average molecular weight is 421 g/mol. The Morgan fingerprint density at radius 2 is 1.75 bits per heavy atom. The van der Waals surface area contributed by atoms with Crippen LogP contribution in [0.3, 0.4) is 0 Å². The predicted octanol–water partition coefficient (Wildman–Crippen LogP) is 2.68. The van der Waals surface area contributed by atoms with Crippen molar-refractivity contribution in [2.75, 3.05) is 32.8 Å². The number of carbonyl (C=O) groups excluding carboxylic acids is 2. The number of thiophene rings is 1.